The Morgan fingerprint density at radius 1 is 1.16 bits per heavy atom. The molecule has 2 fully saturated rings. The third-order valence-corrected chi connectivity index (χ3v) is 4.77. The van der Waals surface area contributed by atoms with E-state index in [1.165, 1.54) is 0 Å². The summed E-state index contributed by atoms with van der Waals surface area (Å²) in [5.41, 5.74) is 1.93. The molecule has 2 heterocycles. The Morgan fingerprint density at radius 2 is 1.88 bits per heavy atom. The first-order valence-corrected chi connectivity index (χ1v) is 8.84. The van der Waals surface area contributed by atoms with Gasteiger partial charge in [0.05, 0.1) is 6.42 Å². The Hall–Kier alpha value is -2.63. The Morgan fingerprint density at radius 3 is 2.56 bits per heavy atom. The van der Waals surface area contributed by atoms with E-state index in [4.69, 9.17) is 4.52 Å². The maximum Gasteiger partial charge on any atom is 0.277 e. The van der Waals surface area contributed by atoms with E-state index in [2.05, 4.69) is 10.5 Å². The summed E-state index contributed by atoms with van der Waals surface area (Å²) in [6.07, 6.45) is 4.81. The van der Waals surface area contributed by atoms with Gasteiger partial charge in [0.25, 0.3) is 5.91 Å². The quantitative estimate of drug-likeness (QED) is 0.909. The number of aromatic nitrogens is 1. The van der Waals surface area contributed by atoms with Crippen molar-refractivity contribution in [1.29, 1.82) is 0 Å². The Bertz CT molecular complexity index is 771. The first-order chi connectivity index (χ1) is 12.2. The Kier molecular flexibility index (Phi) is 4.26. The first kappa shape index (κ1) is 15.9. The van der Waals surface area contributed by atoms with Gasteiger partial charge >= 0.3 is 0 Å². The lowest BCUT2D eigenvalue weighted by molar-refractivity contribution is -0.129. The van der Waals surface area contributed by atoms with Gasteiger partial charge in [0, 0.05) is 30.8 Å². The summed E-state index contributed by atoms with van der Waals surface area (Å²) >= 11 is 0. The minimum atomic E-state index is -0.281. The van der Waals surface area contributed by atoms with Crippen LogP contribution in [-0.2, 0) is 11.2 Å². The summed E-state index contributed by atoms with van der Waals surface area (Å²) in [7, 11) is 0. The molecule has 130 valence electrons. The molecule has 0 radical (unpaired) electrons. The van der Waals surface area contributed by atoms with Crippen LogP contribution in [0.25, 0.3) is 0 Å². The highest BCUT2D eigenvalue weighted by molar-refractivity contribution is 6.02. The van der Waals surface area contributed by atoms with E-state index < -0.39 is 0 Å². The summed E-state index contributed by atoms with van der Waals surface area (Å²) in [5, 5.41) is 6.65. The number of likely N-dealkylation sites (tertiary alicyclic amines) is 1. The summed E-state index contributed by atoms with van der Waals surface area (Å²) in [5.74, 6) is 1.11. The molecule has 1 N–H and O–H groups in total. The van der Waals surface area contributed by atoms with Gasteiger partial charge in [-0.25, -0.2) is 0 Å². The van der Waals surface area contributed by atoms with Gasteiger partial charge in [-0.05, 0) is 43.4 Å². The smallest absolute Gasteiger partial charge is 0.277 e. The molecule has 6 nitrogen and oxygen atoms in total. The largest absolute Gasteiger partial charge is 0.360 e. The molecule has 0 unspecified atom stereocenters. The van der Waals surface area contributed by atoms with E-state index >= 15 is 0 Å². The number of rotatable bonds is 5. The fourth-order valence-electron chi connectivity index (χ4n) is 3.11. The van der Waals surface area contributed by atoms with Crippen molar-refractivity contribution < 1.29 is 14.1 Å². The fourth-order valence-corrected chi connectivity index (χ4v) is 3.11. The molecule has 1 saturated carbocycles. The van der Waals surface area contributed by atoms with Crippen LogP contribution in [0.15, 0.2) is 34.9 Å². The zero-order valence-electron chi connectivity index (χ0n) is 14.0. The van der Waals surface area contributed by atoms with E-state index in [0.717, 1.165) is 50.1 Å². The second kappa shape index (κ2) is 6.70. The van der Waals surface area contributed by atoms with Gasteiger partial charge in [-0.15, -0.1) is 0 Å². The van der Waals surface area contributed by atoms with Crippen LogP contribution < -0.4 is 5.32 Å². The second-order valence-electron chi connectivity index (χ2n) is 6.80. The number of carbonyl (C=O) groups excluding carboxylic acids is 2. The minimum Gasteiger partial charge on any atom is -0.360 e. The van der Waals surface area contributed by atoms with Gasteiger partial charge in [0.15, 0.2) is 5.69 Å². The fraction of sp³-hybridized carbons (Fsp3) is 0.421. The highest BCUT2D eigenvalue weighted by Gasteiger charge is 2.28. The lowest BCUT2D eigenvalue weighted by Crippen LogP contribution is -2.29. The number of nitrogens with one attached hydrogen (secondary N) is 1. The average molecular weight is 339 g/mol. The number of amides is 2. The van der Waals surface area contributed by atoms with Crippen molar-refractivity contribution in [2.75, 3.05) is 18.4 Å². The molecule has 2 amide bonds. The molecule has 2 aliphatic rings. The van der Waals surface area contributed by atoms with Crippen molar-refractivity contribution >= 4 is 17.5 Å². The highest BCUT2D eigenvalue weighted by Crippen LogP contribution is 2.40. The molecule has 6 heteroatoms. The standard InChI is InChI=1S/C19H21N3O3/c23-18(22-9-1-2-10-22)11-13-3-7-15(8-4-13)20-19(24)16-12-17(25-21-16)14-5-6-14/h3-4,7-8,12,14H,1-2,5-6,9-11H2,(H,20,24). The third-order valence-electron chi connectivity index (χ3n) is 4.77. The van der Waals surface area contributed by atoms with Crippen LogP contribution >= 0.6 is 0 Å². The summed E-state index contributed by atoms with van der Waals surface area (Å²) < 4.78 is 5.21. The number of anilines is 1. The monoisotopic (exact) mass is 339 g/mol. The molecule has 1 aromatic carbocycles. The van der Waals surface area contributed by atoms with Crippen LogP contribution in [0, 0.1) is 0 Å². The van der Waals surface area contributed by atoms with Crippen molar-refractivity contribution in [2.45, 2.75) is 38.0 Å². The van der Waals surface area contributed by atoms with Crippen molar-refractivity contribution in [1.82, 2.24) is 10.1 Å². The van der Waals surface area contributed by atoms with Crippen LogP contribution in [0.4, 0.5) is 5.69 Å². The van der Waals surface area contributed by atoms with Gasteiger partial charge in [-0.1, -0.05) is 17.3 Å². The maximum atomic E-state index is 12.2. The van der Waals surface area contributed by atoms with Crippen LogP contribution in [0.1, 0.15) is 53.4 Å². The average Bonchev–Trinajstić information content (AvgIpc) is 3.13. The van der Waals surface area contributed by atoms with Gasteiger partial charge in [0.1, 0.15) is 5.76 Å². The van der Waals surface area contributed by atoms with E-state index in [-0.39, 0.29) is 11.8 Å². The predicted molar refractivity (Wildman–Crippen MR) is 92.4 cm³/mol. The molecule has 1 aromatic heterocycles. The molecule has 1 aliphatic heterocycles. The van der Waals surface area contributed by atoms with Crippen LogP contribution in [0.2, 0.25) is 0 Å². The van der Waals surface area contributed by atoms with E-state index in [0.29, 0.717) is 23.7 Å². The van der Waals surface area contributed by atoms with Crippen LogP contribution in [0.3, 0.4) is 0 Å². The molecule has 0 atom stereocenters. The van der Waals surface area contributed by atoms with E-state index in [1.807, 2.05) is 29.2 Å². The van der Waals surface area contributed by atoms with Crippen molar-refractivity contribution in [3.8, 4) is 0 Å². The molecular formula is C19H21N3O3. The van der Waals surface area contributed by atoms with Gasteiger partial charge in [0.2, 0.25) is 5.91 Å². The second-order valence-corrected chi connectivity index (χ2v) is 6.80. The molecule has 1 saturated heterocycles. The molecule has 1 aliphatic carbocycles. The molecule has 0 bridgehead atoms. The Balaban J connectivity index is 1.34. The first-order valence-electron chi connectivity index (χ1n) is 8.84. The zero-order valence-corrected chi connectivity index (χ0v) is 14.0. The van der Waals surface area contributed by atoms with Gasteiger partial charge in [-0.3, -0.25) is 9.59 Å². The van der Waals surface area contributed by atoms with E-state index in [1.54, 1.807) is 6.07 Å². The van der Waals surface area contributed by atoms with Crippen LogP contribution in [-0.4, -0.2) is 35.0 Å². The summed E-state index contributed by atoms with van der Waals surface area (Å²) in [4.78, 5) is 26.3. The topological polar surface area (TPSA) is 75.4 Å². The lowest BCUT2D eigenvalue weighted by Gasteiger charge is -2.15. The SMILES string of the molecule is O=C(Nc1ccc(CC(=O)N2CCCC2)cc1)c1cc(C2CC2)on1. The lowest BCUT2D eigenvalue weighted by atomic mass is 10.1. The van der Waals surface area contributed by atoms with Crippen LogP contribution in [0.5, 0.6) is 0 Å². The van der Waals surface area contributed by atoms with Crippen molar-refractivity contribution in [3.63, 3.8) is 0 Å². The predicted octanol–water partition coefficient (Wildman–Crippen LogP) is 2.97. The normalized spacial score (nSPS) is 16.9. The summed E-state index contributed by atoms with van der Waals surface area (Å²) in [6, 6.07) is 9.10. The van der Waals surface area contributed by atoms with E-state index in [9.17, 15) is 9.59 Å². The van der Waals surface area contributed by atoms with Crippen molar-refractivity contribution in [2.24, 2.45) is 0 Å². The maximum absolute atomic E-state index is 12.2. The van der Waals surface area contributed by atoms with Crippen molar-refractivity contribution in [3.05, 3.63) is 47.3 Å². The number of carbonyl (C=O) groups is 2. The number of hydrogen-bond donors (Lipinski definition) is 1. The molecule has 25 heavy (non-hydrogen) atoms. The molecule has 0 spiro atoms. The molecule has 2 aromatic rings. The summed E-state index contributed by atoms with van der Waals surface area (Å²) in [6.45, 7) is 1.74. The minimum absolute atomic E-state index is 0.171. The number of benzene rings is 1. The zero-order chi connectivity index (χ0) is 17.2. The van der Waals surface area contributed by atoms with Gasteiger partial charge in [-0.2, -0.15) is 0 Å². The Labute approximate surface area is 146 Å². The highest BCUT2D eigenvalue weighted by atomic mass is 16.5. The molecular weight excluding hydrogens is 318 g/mol. The third kappa shape index (κ3) is 3.73. The number of nitrogens with zero attached hydrogens (tertiary/aromatic N) is 2. The molecule has 4 rings (SSSR count). The number of hydrogen-bond acceptors (Lipinski definition) is 4. The van der Waals surface area contributed by atoms with Gasteiger partial charge < -0.3 is 14.7 Å².